The first-order valence-electron chi connectivity index (χ1n) is 8.11. The van der Waals surface area contributed by atoms with Crippen LogP contribution in [0.3, 0.4) is 0 Å². The lowest BCUT2D eigenvalue weighted by Crippen LogP contribution is -2.39. The number of aromatic nitrogens is 3. The van der Waals surface area contributed by atoms with Gasteiger partial charge in [0.1, 0.15) is 12.4 Å². The van der Waals surface area contributed by atoms with Crippen LogP contribution in [0.1, 0.15) is 22.5 Å². The molecule has 9 nitrogen and oxygen atoms in total. The summed E-state index contributed by atoms with van der Waals surface area (Å²) in [6, 6.07) is 0. The van der Waals surface area contributed by atoms with Crippen molar-refractivity contribution in [2.45, 2.75) is 33.7 Å². The summed E-state index contributed by atoms with van der Waals surface area (Å²) in [5, 5.41) is 22.1. The fourth-order valence-electron chi connectivity index (χ4n) is 2.11. The third-order valence-electron chi connectivity index (χ3n) is 3.48. The molecule has 2 aromatic rings. The van der Waals surface area contributed by atoms with Gasteiger partial charge in [-0.15, -0.1) is 11.3 Å². The molecular weight excluding hydrogens is 342 g/mol. The Morgan fingerprint density at radius 1 is 1.44 bits per heavy atom. The number of nitro groups is 1. The standard InChI is InChI=1S/C15H23N7O2S/c1-4-16-15(17-6-5-14-20-11(2)12(3)25-14)18-7-8-21-10-13(9-19-21)22(23)24/h9-10H,4-8H2,1-3H3,(H2,16,17,18). The van der Waals surface area contributed by atoms with E-state index in [9.17, 15) is 10.1 Å². The number of aliphatic imine (C=N–C) groups is 1. The molecule has 136 valence electrons. The molecule has 0 bridgehead atoms. The molecule has 10 heteroatoms. The lowest BCUT2D eigenvalue weighted by Gasteiger charge is -2.11. The Balaban J connectivity index is 1.81. The second-order valence-electron chi connectivity index (χ2n) is 5.41. The monoisotopic (exact) mass is 365 g/mol. The topological polar surface area (TPSA) is 110 Å². The first kappa shape index (κ1) is 18.8. The SMILES string of the molecule is CCNC(=NCCc1nc(C)c(C)s1)NCCn1cc([N+](=O)[O-])cn1. The number of nitrogens with one attached hydrogen (secondary N) is 2. The molecule has 0 fully saturated rings. The smallest absolute Gasteiger partial charge is 0.306 e. The molecule has 0 aromatic carbocycles. The third kappa shape index (κ3) is 5.82. The van der Waals surface area contributed by atoms with E-state index < -0.39 is 4.92 Å². The highest BCUT2D eigenvalue weighted by Crippen LogP contribution is 2.16. The number of rotatable bonds is 8. The van der Waals surface area contributed by atoms with E-state index in [0.29, 0.717) is 25.6 Å². The van der Waals surface area contributed by atoms with Crippen molar-refractivity contribution < 1.29 is 4.92 Å². The van der Waals surface area contributed by atoms with Gasteiger partial charge in [0.15, 0.2) is 5.96 Å². The summed E-state index contributed by atoms with van der Waals surface area (Å²) in [5.74, 6) is 0.717. The van der Waals surface area contributed by atoms with E-state index in [1.807, 2.05) is 13.8 Å². The molecule has 2 N–H and O–H groups in total. The van der Waals surface area contributed by atoms with Gasteiger partial charge < -0.3 is 10.6 Å². The highest BCUT2D eigenvalue weighted by Gasteiger charge is 2.08. The van der Waals surface area contributed by atoms with Gasteiger partial charge in [-0.05, 0) is 20.8 Å². The summed E-state index contributed by atoms with van der Waals surface area (Å²) in [6.07, 6.45) is 3.47. The van der Waals surface area contributed by atoms with Crippen LogP contribution >= 0.6 is 11.3 Å². The Labute approximate surface area is 150 Å². The average molecular weight is 365 g/mol. The van der Waals surface area contributed by atoms with Crippen molar-refractivity contribution in [1.29, 1.82) is 0 Å². The Morgan fingerprint density at radius 2 is 2.24 bits per heavy atom. The van der Waals surface area contributed by atoms with Crippen molar-refractivity contribution >= 4 is 23.0 Å². The summed E-state index contributed by atoms with van der Waals surface area (Å²) < 4.78 is 1.54. The van der Waals surface area contributed by atoms with E-state index in [1.54, 1.807) is 11.3 Å². The zero-order valence-electron chi connectivity index (χ0n) is 14.7. The van der Waals surface area contributed by atoms with Gasteiger partial charge in [0.2, 0.25) is 0 Å². The van der Waals surface area contributed by atoms with Crippen LogP contribution in [0.5, 0.6) is 0 Å². The van der Waals surface area contributed by atoms with Crippen molar-refractivity contribution in [3.63, 3.8) is 0 Å². The molecule has 0 spiro atoms. The minimum atomic E-state index is -0.454. The maximum atomic E-state index is 10.6. The minimum absolute atomic E-state index is 0.00499. The molecule has 25 heavy (non-hydrogen) atoms. The molecule has 2 heterocycles. The zero-order valence-corrected chi connectivity index (χ0v) is 15.5. The number of nitrogens with zero attached hydrogens (tertiary/aromatic N) is 5. The predicted octanol–water partition coefficient (Wildman–Crippen LogP) is 1.66. The lowest BCUT2D eigenvalue weighted by molar-refractivity contribution is -0.385. The highest BCUT2D eigenvalue weighted by atomic mass is 32.1. The van der Waals surface area contributed by atoms with E-state index in [1.165, 1.54) is 22.0 Å². The van der Waals surface area contributed by atoms with Gasteiger partial charge in [0.25, 0.3) is 0 Å². The van der Waals surface area contributed by atoms with Crippen LogP contribution in [0.25, 0.3) is 0 Å². The molecule has 2 aromatic heterocycles. The summed E-state index contributed by atoms with van der Waals surface area (Å²) in [6.45, 7) is 8.59. The first-order valence-corrected chi connectivity index (χ1v) is 8.93. The molecule has 0 saturated carbocycles. The van der Waals surface area contributed by atoms with Gasteiger partial charge in [0, 0.05) is 30.9 Å². The Hall–Kier alpha value is -2.49. The molecule has 0 atom stereocenters. The number of hydrogen-bond donors (Lipinski definition) is 2. The molecule has 0 aliphatic rings. The molecule has 0 radical (unpaired) electrons. The number of aryl methyl sites for hydroxylation is 2. The predicted molar refractivity (Wildman–Crippen MR) is 98.2 cm³/mol. The number of guanidine groups is 1. The van der Waals surface area contributed by atoms with Gasteiger partial charge in [-0.2, -0.15) is 5.10 Å². The summed E-state index contributed by atoms with van der Waals surface area (Å²) in [7, 11) is 0. The Morgan fingerprint density at radius 3 is 2.84 bits per heavy atom. The fourth-order valence-corrected chi connectivity index (χ4v) is 3.03. The Bertz CT molecular complexity index is 719. The van der Waals surface area contributed by atoms with E-state index in [4.69, 9.17) is 0 Å². The third-order valence-corrected chi connectivity index (χ3v) is 4.61. The largest absolute Gasteiger partial charge is 0.357 e. The van der Waals surface area contributed by atoms with Gasteiger partial charge >= 0.3 is 5.69 Å². The Kier molecular flexibility index (Phi) is 6.87. The molecule has 0 saturated heterocycles. The molecule has 0 aliphatic carbocycles. The second kappa shape index (κ2) is 9.11. The molecular formula is C15H23N7O2S. The van der Waals surface area contributed by atoms with Crippen LogP contribution < -0.4 is 10.6 Å². The lowest BCUT2D eigenvalue weighted by atomic mass is 10.4. The van der Waals surface area contributed by atoms with Crippen molar-refractivity contribution in [1.82, 2.24) is 25.4 Å². The van der Waals surface area contributed by atoms with Crippen LogP contribution in [0.2, 0.25) is 0 Å². The zero-order chi connectivity index (χ0) is 18.2. The van der Waals surface area contributed by atoms with Crippen molar-refractivity contribution in [2.24, 2.45) is 4.99 Å². The molecule has 2 rings (SSSR count). The normalized spacial score (nSPS) is 11.6. The van der Waals surface area contributed by atoms with Crippen molar-refractivity contribution in [2.75, 3.05) is 19.6 Å². The van der Waals surface area contributed by atoms with Crippen LogP contribution in [0.4, 0.5) is 5.69 Å². The first-order chi connectivity index (χ1) is 12.0. The maximum absolute atomic E-state index is 10.6. The van der Waals surface area contributed by atoms with Gasteiger partial charge in [-0.1, -0.05) is 0 Å². The van der Waals surface area contributed by atoms with Crippen molar-refractivity contribution in [3.8, 4) is 0 Å². The molecule has 0 amide bonds. The minimum Gasteiger partial charge on any atom is -0.357 e. The van der Waals surface area contributed by atoms with E-state index >= 15 is 0 Å². The number of thiazole rings is 1. The summed E-state index contributed by atoms with van der Waals surface area (Å²) >= 11 is 1.71. The van der Waals surface area contributed by atoms with Crippen molar-refractivity contribution in [3.05, 3.63) is 38.1 Å². The van der Waals surface area contributed by atoms with Crippen LogP contribution in [0.15, 0.2) is 17.4 Å². The van der Waals surface area contributed by atoms with Gasteiger partial charge in [0.05, 0.1) is 22.2 Å². The van der Waals surface area contributed by atoms with Gasteiger partial charge in [-0.25, -0.2) is 4.98 Å². The van der Waals surface area contributed by atoms with Crippen LogP contribution in [-0.2, 0) is 13.0 Å². The highest BCUT2D eigenvalue weighted by molar-refractivity contribution is 7.11. The van der Waals surface area contributed by atoms with E-state index in [0.717, 1.165) is 23.7 Å². The van der Waals surface area contributed by atoms with Gasteiger partial charge in [-0.3, -0.25) is 19.8 Å². The second-order valence-corrected chi connectivity index (χ2v) is 6.69. The average Bonchev–Trinajstić information content (AvgIpc) is 3.15. The molecule has 0 aliphatic heterocycles. The van der Waals surface area contributed by atoms with E-state index in [-0.39, 0.29) is 5.69 Å². The molecule has 0 unspecified atom stereocenters. The summed E-state index contributed by atoms with van der Waals surface area (Å²) in [5.41, 5.74) is 1.08. The fraction of sp³-hybridized carbons (Fsp3) is 0.533. The summed E-state index contributed by atoms with van der Waals surface area (Å²) in [4.78, 5) is 20.5. The number of hydrogen-bond acceptors (Lipinski definition) is 6. The van der Waals surface area contributed by atoms with Crippen LogP contribution in [-0.4, -0.2) is 45.3 Å². The van der Waals surface area contributed by atoms with Crippen LogP contribution in [0, 0.1) is 24.0 Å². The van der Waals surface area contributed by atoms with E-state index in [2.05, 4.69) is 32.6 Å². The maximum Gasteiger partial charge on any atom is 0.306 e. The quantitative estimate of drug-likeness (QED) is 0.319.